The average molecular weight is 536 g/mol. The van der Waals surface area contributed by atoms with E-state index in [1.165, 1.54) is 17.7 Å². The number of anilines is 1. The van der Waals surface area contributed by atoms with E-state index < -0.39 is 21.8 Å². The van der Waals surface area contributed by atoms with Crippen LogP contribution in [0.1, 0.15) is 75.8 Å². The minimum Gasteiger partial charge on any atom is -0.419 e. The van der Waals surface area contributed by atoms with Gasteiger partial charge in [-0.2, -0.15) is 0 Å². The second kappa shape index (κ2) is 11.7. The highest BCUT2D eigenvalue weighted by molar-refractivity contribution is 7.94. The molecular formula is C30H37N3O4S. The van der Waals surface area contributed by atoms with Crippen molar-refractivity contribution in [3.05, 3.63) is 76.9 Å². The summed E-state index contributed by atoms with van der Waals surface area (Å²) in [7, 11) is -3.83. The van der Waals surface area contributed by atoms with Crippen molar-refractivity contribution in [2.75, 3.05) is 11.2 Å². The van der Waals surface area contributed by atoms with Crippen LogP contribution in [0.5, 0.6) is 0 Å². The highest BCUT2D eigenvalue weighted by Gasteiger charge is 2.47. The van der Waals surface area contributed by atoms with Gasteiger partial charge in [-0.1, -0.05) is 87.1 Å². The molecule has 7 nitrogen and oxygen atoms in total. The largest absolute Gasteiger partial charge is 0.419 e. The normalized spacial score (nSPS) is 22.1. The van der Waals surface area contributed by atoms with Crippen LogP contribution < -0.4 is 10.2 Å². The van der Waals surface area contributed by atoms with Gasteiger partial charge >= 0.3 is 0 Å². The van der Waals surface area contributed by atoms with E-state index in [0.717, 1.165) is 57.6 Å². The Labute approximate surface area is 225 Å². The SMILES string of the molecule is CS(=O)(=O)C1=C(OC(=NC2CCCCC2)NC2CCCCC2)C(=O)N(c2ccccc2)C1c1ccccc1. The van der Waals surface area contributed by atoms with E-state index in [1.54, 1.807) is 0 Å². The molecule has 2 aromatic carbocycles. The Morgan fingerprint density at radius 3 is 2.05 bits per heavy atom. The van der Waals surface area contributed by atoms with Gasteiger partial charge in [-0.15, -0.1) is 0 Å². The molecule has 2 aliphatic carbocycles. The highest BCUT2D eigenvalue weighted by atomic mass is 32.2. The second-order valence-electron chi connectivity index (χ2n) is 10.6. The van der Waals surface area contributed by atoms with E-state index in [1.807, 2.05) is 60.7 Å². The first kappa shape index (κ1) is 26.5. The van der Waals surface area contributed by atoms with Gasteiger partial charge in [-0.3, -0.25) is 9.69 Å². The number of carbonyl (C=O) groups excluding carboxylic acids is 1. The molecule has 0 saturated heterocycles. The Balaban J connectivity index is 1.59. The lowest BCUT2D eigenvalue weighted by atomic mass is 9.95. The van der Waals surface area contributed by atoms with Crippen LogP contribution >= 0.6 is 0 Å². The van der Waals surface area contributed by atoms with Crippen molar-refractivity contribution in [3.63, 3.8) is 0 Å². The number of sulfone groups is 1. The first-order valence-electron chi connectivity index (χ1n) is 13.8. The van der Waals surface area contributed by atoms with E-state index in [-0.39, 0.29) is 28.8 Å². The number of aliphatic imine (C=N–C) groups is 1. The number of rotatable bonds is 6. The zero-order chi connectivity index (χ0) is 26.5. The van der Waals surface area contributed by atoms with Gasteiger partial charge in [-0.05, 0) is 43.4 Å². The quantitative estimate of drug-likeness (QED) is 0.381. The summed E-state index contributed by atoms with van der Waals surface area (Å²) < 4.78 is 33.0. The monoisotopic (exact) mass is 535 g/mol. The fourth-order valence-electron chi connectivity index (χ4n) is 5.82. The van der Waals surface area contributed by atoms with Crippen LogP contribution in [-0.2, 0) is 19.4 Å². The van der Waals surface area contributed by atoms with Gasteiger partial charge in [0.1, 0.15) is 10.9 Å². The Morgan fingerprint density at radius 2 is 1.45 bits per heavy atom. The number of hydrogen-bond donors (Lipinski definition) is 1. The van der Waals surface area contributed by atoms with Gasteiger partial charge in [0.05, 0.1) is 6.04 Å². The second-order valence-corrected chi connectivity index (χ2v) is 12.6. The highest BCUT2D eigenvalue weighted by Crippen LogP contribution is 2.43. The molecule has 0 bridgehead atoms. The molecule has 202 valence electrons. The molecule has 2 fully saturated rings. The average Bonchev–Trinajstić information content (AvgIpc) is 3.23. The van der Waals surface area contributed by atoms with Crippen LogP contribution in [0.25, 0.3) is 0 Å². The summed E-state index contributed by atoms with van der Waals surface area (Å²) >= 11 is 0. The van der Waals surface area contributed by atoms with Gasteiger partial charge < -0.3 is 10.1 Å². The number of amides is 1. The van der Waals surface area contributed by atoms with Gasteiger partial charge in [0.25, 0.3) is 11.9 Å². The van der Waals surface area contributed by atoms with Gasteiger partial charge in [0.15, 0.2) is 9.84 Å². The molecule has 3 aliphatic rings. The van der Waals surface area contributed by atoms with Gasteiger partial charge in [0.2, 0.25) is 5.76 Å². The Morgan fingerprint density at radius 1 is 0.868 bits per heavy atom. The van der Waals surface area contributed by atoms with Crippen LogP contribution in [-0.4, -0.2) is 38.7 Å². The van der Waals surface area contributed by atoms with E-state index in [9.17, 15) is 13.2 Å². The molecule has 1 atom stereocenters. The number of ether oxygens (including phenoxy) is 1. The summed E-state index contributed by atoms with van der Waals surface area (Å²) in [5.41, 5.74) is 1.31. The van der Waals surface area contributed by atoms with E-state index in [0.29, 0.717) is 11.3 Å². The minimum absolute atomic E-state index is 0.0284. The lowest BCUT2D eigenvalue weighted by Crippen LogP contribution is -2.39. The molecular weight excluding hydrogens is 498 g/mol. The zero-order valence-corrected chi connectivity index (χ0v) is 22.8. The lowest BCUT2D eigenvalue weighted by Gasteiger charge is -2.27. The standard InChI is InChI=1S/C30H37N3O4S/c1-38(35,36)28-26(22-14-6-2-7-15-22)33(25-20-12-5-13-21-25)29(34)27(28)37-30(31-23-16-8-3-9-17-23)32-24-18-10-4-11-19-24/h2,5-7,12-15,20-21,23-24,26H,3-4,8-11,16-19H2,1H3,(H,31,32). The third kappa shape index (κ3) is 5.96. The summed E-state index contributed by atoms with van der Waals surface area (Å²) in [6, 6.07) is 18.2. The van der Waals surface area contributed by atoms with Gasteiger partial charge in [0, 0.05) is 18.0 Å². The molecule has 38 heavy (non-hydrogen) atoms. The van der Waals surface area contributed by atoms with E-state index in [2.05, 4.69) is 5.32 Å². The molecule has 1 aliphatic heterocycles. The van der Waals surface area contributed by atoms with E-state index >= 15 is 0 Å². The minimum atomic E-state index is -3.83. The third-order valence-electron chi connectivity index (χ3n) is 7.70. The fourth-order valence-corrected chi connectivity index (χ4v) is 6.93. The maximum absolute atomic E-state index is 14.1. The van der Waals surface area contributed by atoms with Crippen LogP contribution in [0.3, 0.4) is 0 Å². The number of amidine groups is 1. The van der Waals surface area contributed by atoms with Crippen molar-refractivity contribution in [1.29, 1.82) is 0 Å². The fraction of sp³-hybridized carbons (Fsp3) is 0.467. The van der Waals surface area contributed by atoms with E-state index in [4.69, 9.17) is 9.73 Å². The molecule has 0 aromatic heterocycles. The number of nitrogens with zero attached hydrogens (tertiary/aromatic N) is 2. The summed E-state index contributed by atoms with van der Waals surface area (Å²) in [4.78, 5) is 20.5. The van der Waals surface area contributed by atoms with Crippen molar-refractivity contribution in [3.8, 4) is 0 Å². The van der Waals surface area contributed by atoms with Crippen LogP contribution in [0.15, 0.2) is 76.3 Å². The number of hydrogen-bond acceptors (Lipinski definition) is 5. The maximum atomic E-state index is 14.1. The van der Waals surface area contributed by atoms with Gasteiger partial charge in [-0.25, -0.2) is 13.4 Å². The van der Waals surface area contributed by atoms with Crippen molar-refractivity contribution >= 4 is 27.5 Å². The zero-order valence-electron chi connectivity index (χ0n) is 22.0. The first-order chi connectivity index (χ1) is 18.4. The van der Waals surface area contributed by atoms with Crippen LogP contribution in [0.4, 0.5) is 5.69 Å². The Kier molecular flexibility index (Phi) is 8.17. The Hall–Kier alpha value is -3.13. The molecule has 1 amide bonds. The molecule has 8 heteroatoms. The summed E-state index contributed by atoms with van der Waals surface area (Å²) in [6.07, 6.45) is 12.0. The molecule has 1 N–H and O–H groups in total. The molecule has 0 radical (unpaired) electrons. The molecule has 0 spiro atoms. The van der Waals surface area contributed by atoms with Crippen molar-refractivity contribution < 1.29 is 17.9 Å². The number of nitrogens with one attached hydrogen (secondary N) is 1. The predicted molar refractivity (Wildman–Crippen MR) is 150 cm³/mol. The smallest absolute Gasteiger partial charge is 0.296 e. The van der Waals surface area contributed by atoms with Crippen molar-refractivity contribution in [2.45, 2.75) is 82.3 Å². The summed E-state index contributed by atoms with van der Waals surface area (Å²) in [6.45, 7) is 0. The summed E-state index contributed by atoms with van der Waals surface area (Å²) in [5.74, 6) is -0.643. The number of benzene rings is 2. The first-order valence-corrected chi connectivity index (χ1v) is 15.7. The van der Waals surface area contributed by atoms with Crippen molar-refractivity contribution in [1.82, 2.24) is 5.32 Å². The van der Waals surface area contributed by atoms with Crippen LogP contribution in [0.2, 0.25) is 0 Å². The maximum Gasteiger partial charge on any atom is 0.296 e. The van der Waals surface area contributed by atoms with Crippen LogP contribution in [0, 0.1) is 0 Å². The number of para-hydroxylation sites is 1. The lowest BCUT2D eigenvalue weighted by molar-refractivity contribution is -0.116. The van der Waals surface area contributed by atoms with Crippen molar-refractivity contribution in [2.24, 2.45) is 4.99 Å². The predicted octanol–water partition coefficient (Wildman–Crippen LogP) is 5.66. The molecule has 1 heterocycles. The topological polar surface area (TPSA) is 88.1 Å². The number of carbonyl (C=O) groups is 1. The Bertz CT molecular complexity index is 1280. The summed E-state index contributed by atoms with van der Waals surface area (Å²) in [5, 5.41) is 3.46. The molecule has 5 rings (SSSR count). The molecule has 1 unspecified atom stereocenters. The molecule has 2 aromatic rings. The third-order valence-corrected chi connectivity index (χ3v) is 8.91. The molecule has 2 saturated carbocycles.